The van der Waals surface area contributed by atoms with Crippen LogP contribution in [0.25, 0.3) is 10.4 Å². The van der Waals surface area contributed by atoms with Crippen LogP contribution in [0.15, 0.2) is 30.3 Å². The van der Waals surface area contributed by atoms with Gasteiger partial charge in [-0.1, -0.05) is 30.3 Å². The average Bonchev–Trinajstić information content (AvgIpc) is 2.69. The number of rotatable bonds is 3. The number of likely N-dealkylation sites (tertiary alicyclic amines) is 1. The number of amides is 1. The molecule has 1 saturated heterocycles. The predicted molar refractivity (Wildman–Crippen MR) is 77.2 cm³/mol. The lowest BCUT2D eigenvalue weighted by Crippen LogP contribution is -2.42. The highest BCUT2D eigenvalue weighted by Gasteiger charge is 2.22. The molecule has 0 unspecified atom stereocenters. The minimum Gasteiger partial charge on any atom is -0.342 e. The molecule has 0 saturated carbocycles. The Balaban J connectivity index is 1.87. The topological polar surface area (TPSA) is 33.2 Å². The second kappa shape index (κ2) is 5.13. The summed E-state index contributed by atoms with van der Waals surface area (Å²) >= 11 is 1.66. The maximum absolute atomic E-state index is 12.1. The first kappa shape index (κ1) is 12.4. The van der Waals surface area contributed by atoms with Gasteiger partial charge in [-0.25, -0.2) is 4.98 Å². The second-order valence-electron chi connectivity index (χ2n) is 4.79. The number of aryl methyl sites for hydroxylation is 1. The Morgan fingerprint density at radius 2 is 2.05 bits per heavy atom. The lowest BCUT2D eigenvalue weighted by molar-refractivity contribution is -0.133. The standard InChI is InChI=1S/C15H16N2OS/c1-11-16-13(10-14(18)17-8-5-9-17)15(19-11)12-6-3-2-4-7-12/h2-4,6-7H,5,8-10H2,1H3. The monoisotopic (exact) mass is 272 g/mol. The Morgan fingerprint density at radius 3 is 2.68 bits per heavy atom. The molecule has 3 nitrogen and oxygen atoms in total. The van der Waals surface area contributed by atoms with Gasteiger partial charge in [-0.15, -0.1) is 11.3 Å². The first-order valence-electron chi connectivity index (χ1n) is 6.53. The van der Waals surface area contributed by atoms with Crippen LogP contribution in [0.3, 0.4) is 0 Å². The van der Waals surface area contributed by atoms with Crippen LogP contribution in [0.2, 0.25) is 0 Å². The summed E-state index contributed by atoms with van der Waals surface area (Å²) in [5.74, 6) is 0.203. The summed E-state index contributed by atoms with van der Waals surface area (Å²) in [5, 5.41) is 1.02. The normalized spacial score (nSPS) is 14.3. The maximum atomic E-state index is 12.1. The summed E-state index contributed by atoms with van der Waals surface area (Å²) in [6.45, 7) is 3.81. The van der Waals surface area contributed by atoms with Crippen LogP contribution in [0.4, 0.5) is 0 Å². The third-order valence-corrected chi connectivity index (χ3v) is 4.43. The van der Waals surface area contributed by atoms with E-state index in [0.29, 0.717) is 6.42 Å². The number of carbonyl (C=O) groups is 1. The zero-order chi connectivity index (χ0) is 13.2. The molecule has 0 atom stereocenters. The molecule has 0 aliphatic carbocycles. The van der Waals surface area contributed by atoms with Crippen molar-refractivity contribution in [1.29, 1.82) is 0 Å². The zero-order valence-corrected chi connectivity index (χ0v) is 11.7. The molecule has 1 aromatic carbocycles. The van der Waals surface area contributed by atoms with E-state index in [1.807, 2.05) is 30.0 Å². The van der Waals surface area contributed by atoms with Gasteiger partial charge in [0, 0.05) is 13.1 Å². The first-order valence-corrected chi connectivity index (χ1v) is 7.35. The van der Waals surface area contributed by atoms with Crippen molar-refractivity contribution in [3.63, 3.8) is 0 Å². The highest BCUT2D eigenvalue weighted by Crippen LogP contribution is 2.30. The minimum absolute atomic E-state index is 0.203. The van der Waals surface area contributed by atoms with Crippen molar-refractivity contribution in [3.05, 3.63) is 41.0 Å². The summed E-state index contributed by atoms with van der Waals surface area (Å²) < 4.78 is 0. The number of nitrogens with zero attached hydrogens (tertiary/aromatic N) is 2. The Labute approximate surface area is 116 Å². The van der Waals surface area contributed by atoms with Crippen LogP contribution in [0.5, 0.6) is 0 Å². The van der Waals surface area contributed by atoms with Crippen LogP contribution < -0.4 is 0 Å². The molecule has 4 heteroatoms. The van der Waals surface area contributed by atoms with E-state index < -0.39 is 0 Å². The van der Waals surface area contributed by atoms with E-state index in [-0.39, 0.29) is 5.91 Å². The van der Waals surface area contributed by atoms with Crippen LogP contribution in [0, 0.1) is 6.92 Å². The third-order valence-electron chi connectivity index (χ3n) is 3.37. The number of aromatic nitrogens is 1. The van der Waals surface area contributed by atoms with Gasteiger partial charge in [0.15, 0.2) is 0 Å². The summed E-state index contributed by atoms with van der Waals surface area (Å²) in [7, 11) is 0. The molecular formula is C15H16N2OS. The van der Waals surface area contributed by atoms with Crippen molar-refractivity contribution in [3.8, 4) is 10.4 Å². The van der Waals surface area contributed by atoms with E-state index in [0.717, 1.165) is 40.7 Å². The predicted octanol–water partition coefficient (Wildman–Crippen LogP) is 2.89. The van der Waals surface area contributed by atoms with E-state index in [9.17, 15) is 4.79 Å². The first-order chi connectivity index (χ1) is 9.24. The van der Waals surface area contributed by atoms with Gasteiger partial charge in [0.1, 0.15) is 0 Å². The molecule has 19 heavy (non-hydrogen) atoms. The molecular weight excluding hydrogens is 256 g/mol. The Bertz CT molecular complexity index is 587. The van der Waals surface area contributed by atoms with Crippen molar-refractivity contribution < 1.29 is 4.79 Å². The molecule has 0 spiro atoms. The Hall–Kier alpha value is -1.68. The fourth-order valence-corrected chi connectivity index (χ4v) is 3.17. The third kappa shape index (κ3) is 2.54. The zero-order valence-electron chi connectivity index (χ0n) is 10.9. The average molecular weight is 272 g/mol. The molecule has 0 N–H and O–H groups in total. The molecule has 2 heterocycles. The molecule has 1 amide bonds. The van der Waals surface area contributed by atoms with Gasteiger partial charge in [0.25, 0.3) is 0 Å². The van der Waals surface area contributed by atoms with Gasteiger partial charge in [-0.05, 0) is 18.9 Å². The van der Waals surface area contributed by atoms with E-state index in [2.05, 4.69) is 17.1 Å². The van der Waals surface area contributed by atoms with E-state index in [4.69, 9.17) is 0 Å². The van der Waals surface area contributed by atoms with Gasteiger partial charge in [-0.2, -0.15) is 0 Å². The highest BCUT2D eigenvalue weighted by atomic mass is 32.1. The van der Waals surface area contributed by atoms with Crippen molar-refractivity contribution in [1.82, 2.24) is 9.88 Å². The minimum atomic E-state index is 0.203. The number of carbonyl (C=O) groups excluding carboxylic acids is 1. The van der Waals surface area contributed by atoms with Crippen molar-refractivity contribution in [2.75, 3.05) is 13.1 Å². The van der Waals surface area contributed by atoms with Crippen molar-refractivity contribution >= 4 is 17.2 Å². The van der Waals surface area contributed by atoms with Crippen LogP contribution in [0.1, 0.15) is 17.1 Å². The maximum Gasteiger partial charge on any atom is 0.228 e. The van der Waals surface area contributed by atoms with Gasteiger partial charge in [0.2, 0.25) is 5.91 Å². The van der Waals surface area contributed by atoms with E-state index >= 15 is 0 Å². The molecule has 98 valence electrons. The molecule has 3 rings (SSSR count). The fourth-order valence-electron chi connectivity index (χ4n) is 2.23. The number of hydrogen-bond acceptors (Lipinski definition) is 3. The fraction of sp³-hybridized carbons (Fsp3) is 0.333. The SMILES string of the molecule is Cc1nc(CC(=O)N2CCC2)c(-c2ccccc2)s1. The summed E-state index contributed by atoms with van der Waals surface area (Å²) in [6, 6.07) is 10.2. The van der Waals surface area contributed by atoms with Crippen molar-refractivity contribution in [2.45, 2.75) is 19.8 Å². The molecule has 1 aliphatic heterocycles. The largest absolute Gasteiger partial charge is 0.342 e. The molecule has 0 bridgehead atoms. The number of benzene rings is 1. The molecule has 0 radical (unpaired) electrons. The highest BCUT2D eigenvalue weighted by molar-refractivity contribution is 7.15. The van der Waals surface area contributed by atoms with Crippen LogP contribution in [-0.4, -0.2) is 28.9 Å². The van der Waals surface area contributed by atoms with Gasteiger partial charge in [-0.3, -0.25) is 4.79 Å². The van der Waals surface area contributed by atoms with Gasteiger partial charge < -0.3 is 4.90 Å². The lowest BCUT2D eigenvalue weighted by Gasteiger charge is -2.30. The second-order valence-corrected chi connectivity index (χ2v) is 5.99. The van der Waals surface area contributed by atoms with E-state index in [1.54, 1.807) is 11.3 Å². The number of thiazole rings is 1. The molecule has 1 aliphatic rings. The Morgan fingerprint density at radius 1 is 1.32 bits per heavy atom. The van der Waals surface area contributed by atoms with Gasteiger partial charge >= 0.3 is 0 Å². The lowest BCUT2D eigenvalue weighted by atomic mass is 10.1. The van der Waals surface area contributed by atoms with Crippen LogP contribution in [-0.2, 0) is 11.2 Å². The van der Waals surface area contributed by atoms with Crippen molar-refractivity contribution in [2.24, 2.45) is 0 Å². The molecule has 1 fully saturated rings. The van der Waals surface area contributed by atoms with Gasteiger partial charge in [0.05, 0.1) is 22.0 Å². The summed E-state index contributed by atoms with van der Waals surface area (Å²) in [4.78, 5) is 19.7. The smallest absolute Gasteiger partial charge is 0.228 e. The summed E-state index contributed by atoms with van der Waals surface area (Å²) in [5.41, 5.74) is 2.07. The Kier molecular flexibility index (Phi) is 3.34. The molecule has 2 aromatic rings. The molecule has 1 aromatic heterocycles. The quantitative estimate of drug-likeness (QED) is 0.860. The van der Waals surface area contributed by atoms with Crippen LogP contribution >= 0.6 is 11.3 Å². The summed E-state index contributed by atoms with van der Waals surface area (Å²) in [6.07, 6.45) is 1.56. The van der Waals surface area contributed by atoms with E-state index in [1.165, 1.54) is 0 Å². The number of hydrogen-bond donors (Lipinski definition) is 0.